The van der Waals surface area contributed by atoms with Crippen LogP contribution >= 0.6 is 0 Å². The fourth-order valence-electron chi connectivity index (χ4n) is 6.42. The Labute approximate surface area is 355 Å². The Morgan fingerprint density at radius 2 is 0.807 bits per heavy atom. The number of hydrogen-bond donors (Lipinski definition) is 0. The average Bonchev–Trinajstić information content (AvgIpc) is 3.08. The zero-order valence-electron chi connectivity index (χ0n) is 40.4. The van der Waals surface area contributed by atoms with E-state index in [4.69, 9.17) is 8.85 Å². The lowest BCUT2D eigenvalue weighted by Crippen LogP contribution is -2.44. The van der Waals surface area contributed by atoms with Gasteiger partial charge in [-0.15, -0.1) is 0 Å². The van der Waals surface area contributed by atoms with Crippen molar-refractivity contribution >= 4 is 27.4 Å². The summed E-state index contributed by atoms with van der Waals surface area (Å²) in [6.45, 7) is 41.5. The van der Waals surface area contributed by atoms with Crippen LogP contribution in [0, 0.1) is 6.92 Å². The number of rotatable bonds is 21. The van der Waals surface area contributed by atoms with E-state index in [1.165, 1.54) is 68.2 Å². The molecule has 0 fully saturated rings. The summed E-state index contributed by atoms with van der Waals surface area (Å²) in [5.74, 6) is 2.12. The Morgan fingerprint density at radius 3 is 1.16 bits per heavy atom. The van der Waals surface area contributed by atoms with E-state index in [0.717, 1.165) is 69.3 Å². The van der Waals surface area contributed by atoms with Gasteiger partial charge >= 0.3 is 0 Å². The molecule has 0 saturated heterocycles. The molecule has 2 rings (SSSR count). The van der Waals surface area contributed by atoms with Crippen LogP contribution in [0.15, 0.2) is 94.2 Å². The van der Waals surface area contributed by atoms with E-state index in [2.05, 4.69) is 184 Å². The zero-order valence-corrected chi connectivity index (χ0v) is 42.4. The van der Waals surface area contributed by atoms with Gasteiger partial charge in [-0.25, -0.2) is 0 Å². The molecule has 0 aliphatic heterocycles. The molecule has 0 atom stereocenters. The van der Waals surface area contributed by atoms with Crippen molar-refractivity contribution in [1.29, 1.82) is 0 Å². The highest BCUT2D eigenvalue weighted by Gasteiger charge is 2.42. The molecular formula is C53H86O2Si2. The molecule has 0 aliphatic rings. The van der Waals surface area contributed by atoms with Crippen LogP contribution in [-0.2, 0) is 6.42 Å². The topological polar surface area (TPSA) is 18.5 Å². The Balaban J connectivity index is 2.10. The first-order chi connectivity index (χ1) is 26.4. The molecule has 0 saturated carbocycles. The smallest absolute Gasteiger partial charge is 0.250 e. The standard InChI is InChI=1S/C53H86O2Si2/c1-40(2)26-21-27-41(3)28-22-29-42(4)30-23-31-43(5)32-24-33-44(6)34-25-35-45(7)38-39-47-46(8)50(54-56(15,16)52(9,10)11)48-36-19-20-37-49(48)51(47)55-57(17,18)53(12,13)14/h19-20,26,28,30,32,34,36-38H,21-25,27,29,31,33,35,39H2,1-18H3/b41-28+,42-30+,43-32+,44-34+,45-38+. The van der Waals surface area contributed by atoms with Crippen LogP contribution in [-0.4, -0.2) is 16.6 Å². The van der Waals surface area contributed by atoms with Gasteiger partial charge in [-0.05, 0) is 168 Å². The maximum absolute atomic E-state index is 7.26. The first kappa shape index (κ1) is 50.3. The first-order valence-corrected chi connectivity index (χ1v) is 28.0. The lowest BCUT2D eigenvalue weighted by molar-refractivity contribution is 0.482. The minimum Gasteiger partial charge on any atom is -0.543 e. The van der Waals surface area contributed by atoms with Gasteiger partial charge in [0.15, 0.2) is 0 Å². The maximum atomic E-state index is 7.26. The second-order valence-corrected chi connectivity index (χ2v) is 29.9. The molecule has 2 aromatic carbocycles. The minimum atomic E-state index is -2.12. The second-order valence-electron chi connectivity index (χ2n) is 20.5. The number of fused-ring (bicyclic) bond motifs is 1. The highest BCUT2D eigenvalue weighted by atomic mass is 28.4. The van der Waals surface area contributed by atoms with E-state index in [1.807, 2.05) is 0 Å². The van der Waals surface area contributed by atoms with E-state index in [0.29, 0.717) is 0 Å². The summed E-state index contributed by atoms with van der Waals surface area (Å²) in [6, 6.07) is 8.77. The Kier molecular flexibility index (Phi) is 19.9. The Hall–Kier alpha value is -2.83. The van der Waals surface area contributed by atoms with Gasteiger partial charge in [0.1, 0.15) is 11.5 Å². The van der Waals surface area contributed by atoms with Gasteiger partial charge in [0, 0.05) is 16.3 Å². The SMILES string of the molecule is CC(C)=CCC/C(C)=C/CC/C(C)=C/CC/C(C)=C/CC/C(C)=C/CC/C(C)=C/Cc1c(C)c(O[Si](C)(C)C(C)(C)C)c2ccccc2c1O[Si](C)(C)C(C)(C)C. The van der Waals surface area contributed by atoms with Crippen molar-refractivity contribution in [1.82, 2.24) is 0 Å². The van der Waals surface area contributed by atoms with Gasteiger partial charge in [-0.3, -0.25) is 0 Å². The molecule has 0 spiro atoms. The molecule has 57 heavy (non-hydrogen) atoms. The predicted octanol–water partition coefficient (Wildman–Crippen LogP) is 18.1. The normalized spacial score (nSPS) is 14.4. The van der Waals surface area contributed by atoms with Crippen LogP contribution in [0.4, 0.5) is 0 Å². The fraction of sp³-hybridized carbons (Fsp3) is 0.585. The van der Waals surface area contributed by atoms with E-state index in [9.17, 15) is 0 Å². The zero-order chi connectivity index (χ0) is 43.2. The highest BCUT2D eigenvalue weighted by Crippen LogP contribution is 2.47. The summed E-state index contributed by atoms with van der Waals surface area (Å²) < 4.78 is 14.4. The molecule has 2 aromatic rings. The average molecular weight is 811 g/mol. The largest absolute Gasteiger partial charge is 0.543 e. The van der Waals surface area contributed by atoms with Crippen LogP contribution in [0.2, 0.25) is 36.3 Å². The van der Waals surface area contributed by atoms with E-state index in [-0.39, 0.29) is 10.1 Å². The lowest BCUT2D eigenvalue weighted by atomic mass is 9.95. The van der Waals surface area contributed by atoms with E-state index < -0.39 is 16.6 Å². The van der Waals surface area contributed by atoms with Crippen LogP contribution in [0.1, 0.15) is 165 Å². The third-order valence-corrected chi connectivity index (χ3v) is 21.3. The van der Waals surface area contributed by atoms with Crippen molar-refractivity contribution in [3.8, 4) is 11.5 Å². The molecule has 0 aliphatic carbocycles. The van der Waals surface area contributed by atoms with Gasteiger partial charge in [0.05, 0.1) is 0 Å². The third kappa shape index (κ3) is 16.8. The molecule has 4 heteroatoms. The van der Waals surface area contributed by atoms with Crippen molar-refractivity contribution in [2.45, 2.75) is 204 Å². The van der Waals surface area contributed by atoms with Gasteiger partial charge in [0.2, 0.25) is 0 Å². The number of hydrogen-bond acceptors (Lipinski definition) is 2. The third-order valence-electron chi connectivity index (χ3n) is 12.7. The molecule has 318 valence electrons. The summed E-state index contributed by atoms with van der Waals surface area (Å²) >= 11 is 0. The number of benzene rings is 2. The maximum Gasteiger partial charge on any atom is 0.250 e. The van der Waals surface area contributed by atoms with Crippen LogP contribution < -0.4 is 8.85 Å². The van der Waals surface area contributed by atoms with Crippen molar-refractivity contribution in [2.24, 2.45) is 0 Å². The summed E-state index contributed by atoms with van der Waals surface area (Å²) in [4.78, 5) is 0. The highest BCUT2D eigenvalue weighted by molar-refractivity contribution is 6.75. The molecule has 0 unspecified atom stereocenters. The summed E-state index contributed by atoms with van der Waals surface area (Å²) in [5, 5.41) is 2.55. The van der Waals surface area contributed by atoms with Gasteiger partial charge in [-0.2, -0.15) is 0 Å². The van der Waals surface area contributed by atoms with Crippen molar-refractivity contribution in [3.63, 3.8) is 0 Å². The minimum absolute atomic E-state index is 0.0959. The molecule has 0 amide bonds. The van der Waals surface area contributed by atoms with E-state index in [1.54, 1.807) is 0 Å². The Morgan fingerprint density at radius 1 is 0.491 bits per heavy atom. The molecular weight excluding hydrogens is 725 g/mol. The molecule has 0 N–H and O–H groups in total. The molecule has 0 heterocycles. The lowest BCUT2D eigenvalue weighted by Gasteiger charge is -2.39. The van der Waals surface area contributed by atoms with Crippen LogP contribution in [0.25, 0.3) is 10.8 Å². The van der Waals surface area contributed by atoms with Crippen molar-refractivity contribution in [2.75, 3.05) is 0 Å². The monoisotopic (exact) mass is 811 g/mol. The van der Waals surface area contributed by atoms with Crippen LogP contribution in [0.5, 0.6) is 11.5 Å². The first-order valence-electron chi connectivity index (χ1n) is 22.2. The molecule has 0 bridgehead atoms. The van der Waals surface area contributed by atoms with Gasteiger partial charge in [-0.1, -0.05) is 136 Å². The Bertz CT molecular complexity index is 1790. The van der Waals surface area contributed by atoms with Crippen LogP contribution in [0.3, 0.4) is 0 Å². The number of allylic oxidation sites excluding steroid dienone is 12. The molecule has 2 nitrogen and oxygen atoms in total. The predicted molar refractivity (Wildman–Crippen MR) is 262 cm³/mol. The second kappa shape index (κ2) is 22.5. The molecule has 0 aromatic heterocycles. The quantitative estimate of drug-likeness (QED) is 0.0924. The fourth-order valence-corrected chi connectivity index (χ4v) is 8.55. The van der Waals surface area contributed by atoms with Gasteiger partial charge in [0.25, 0.3) is 16.6 Å². The summed E-state index contributed by atoms with van der Waals surface area (Å²) in [5.41, 5.74) is 11.4. The summed E-state index contributed by atoms with van der Waals surface area (Å²) in [6.07, 6.45) is 26.8. The summed E-state index contributed by atoms with van der Waals surface area (Å²) in [7, 11) is -4.20. The molecule has 0 radical (unpaired) electrons. The van der Waals surface area contributed by atoms with Crippen molar-refractivity contribution in [3.05, 3.63) is 105 Å². The van der Waals surface area contributed by atoms with E-state index >= 15 is 0 Å². The van der Waals surface area contributed by atoms with Gasteiger partial charge < -0.3 is 8.85 Å². The van der Waals surface area contributed by atoms with Crippen molar-refractivity contribution < 1.29 is 8.85 Å².